The highest BCUT2D eigenvalue weighted by molar-refractivity contribution is 7.98. The third-order valence-electron chi connectivity index (χ3n) is 5.84. The maximum absolute atomic E-state index is 12.7. The predicted molar refractivity (Wildman–Crippen MR) is 135 cm³/mol. The summed E-state index contributed by atoms with van der Waals surface area (Å²) in [6.07, 6.45) is 7.07. The molecule has 0 bridgehead atoms. The monoisotopic (exact) mass is 491 g/mol. The molecule has 1 saturated heterocycles. The van der Waals surface area contributed by atoms with E-state index >= 15 is 0 Å². The van der Waals surface area contributed by atoms with Gasteiger partial charge in [0.2, 0.25) is 0 Å². The van der Waals surface area contributed by atoms with Crippen LogP contribution in [0.1, 0.15) is 10.5 Å². The van der Waals surface area contributed by atoms with Crippen LogP contribution in [-0.4, -0.2) is 70.1 Å². The zero-order valence-corrected chi connectivity index (χ0v) is 20.5. The van der Waals surface area contributed by atoms with Gasteiger partial charge in [-0.3, -0.25) is 4.98 Å². The van der Waals surface area contributed by atoms with Crippen molar-refractivity contribution >= 4 is 46.0 Å². The Hall–Kier alpha value is -3.70. The number of imidazole rings is 1. The molecule has 0 atom stereocenters. The number of methoxy groups -OCH3 is 1. The topological polar surface area (TPSA) is 107 Å². The Morgan fingerprint density at radius 1 is 1.14 bits per heavy atom. The average molecular weight is 492 g/mol. The number of morpholine rings is 1. The van der Waals surface area contributed by atoms with Crippen molar-refractivity contribution in [3.63, 3.8) is 0 Å². The lowest BCUT2D eigenvalue weighted by molar-refractivity contribution is 0.0595. The Balaban J connectivity index is 1.53. The number of nitrogens with zero attached hydrogens (tertiary/aromatic N) is 6. The summed E-state index contributed by atoms with van der Waals surface area (Å²) in [5, 5.41) is 3.89. The van der Waals surface area contributed by atoms with Crippen LogP contribution in [0.5, 0.6) is 0 Å². The fraction of sp³-hybridized carbons (Fsp3) is 0.292. The van der Waals surface area contributed by atoms with E-state index in [4.69, 9.17) is 19.4 Å². The minimum atomic E-state index is -0.583. The molecule has 0 amide bonds. The van der Waals surface area contributed by atoms with E-state index in [2.05, 4.69) is 20.2 Å². The number of carbonyl (C=O) groups is 1. The first-order valence-corrected chi connectivity index (χ1v) is 12.3. The van der Waals surface area contributed by atoms with Gasteiger partial charge in [-0.1, -0.05) is 0 Å². The molecule has 0 aliphatic carbocycles. The second kappa shape index (κ2) is 9.88. The quantitative estimate of drug-likeness (QED) is 0.318. The molecule has 0 spiro atoms. The molecule has 5 rings (SSSR count). The van der Waals surface area contributed by atoms with Crippen molar-refractivity contribution in [2.24, 2.45) is 7.05 Å². The number of esters is 1. The number of fused-ring (bicyclic) bond motifs is 1. The summed E-state index contributed by atoms with van der Waals surface area (Å²) in [6.45, 7) is 3.18. The van der Waals surface area contributed by atoms with E-state index in [1.54, 1.807) is 18.7 Å². The van der Waals surface area contributed by atoms with Gasteiger partial charge in [0.25, 0.3) is 0 Å². The molecule has 35 heavy (non-hydrogen) atoms. The van der Waals surface area contributed by atoms with Gasteiger partial charge in [-0.15, -0.1) is 11.8 Å². The SMILES string of the molecule is COC(=O)c1nc(-c2cncc3c2ncn3C)c(SC)nc1Nc1ccc(N2CCOCC2)cc1. The molecule has 10 nitrogen and oxygen atoms in total. The molecule has 0 radical (unpaired) electrons. The Bertz CT molecular complexity index is 1370. The van der Waals surface area contributed by atoms with E-state index in [-0.39, 0.29) is 5.69 Å². The van der Waals surface area contributed by atoms with Crippen molar-refractivity contribution in [2.45, 2.75) is 5.03 Å². The number of benzene rings is 1. The van der Waals surface area contributed by atoms with Gasteiger partial charge >= 0.3 is 5.97 Å². The summed E-state index contributed by atoms with van der Waals surface area (Å²) in [5.41, 5.74) is 4.82. The number of pyridine rings is 1. The van der Waals surface area contributed by atoms with Crippen LogP contribution in [0.3, 0.4) is 0 Å². The summed E-state index contributed by atoms with van der Waals surface area (Å²) >= 11 is 1.43. The van der Waals surface area contributed by atoms with Crippen molar-refractivity contribution in [2.75, 3.05) is 49.9 Å². The van der Waals surface area contributed by atoms with Crippen LogP contribution < -0.4 is 10.2 Å². The molecule has 0 unspecified atom stereocenters. The molecule has 1 aliphatic heterocycles. The Morgan fingerprint density at radius 2 is 1.91 bits per heavy atom. The number of nitrogens with one attached hydrogen (secondary N) is 1. The fourth-order valence-corrected chi connectivity index (χ4v) is 4.53. The average Bonchev–Trinajstić information content (AvgIpc) is 3.30. The van der Waals surface area contributed by atoms with Crippen molar-refractivity contribution in [1.29, 1.82) is 0 Å². The van der Waals surface area contributed by atoms with E-state index in [0.29, 0.717) is 22.1 Å². The molecule has 4 aromatic rings. The molecular formula is C24H25N7O3S. The lowest BCUT2D eigenvalue weighted by atomic mass is 10.2. The maximum atomic E-state index is 12.7. The highest BCUT2D eigenvalue weighted by atomic mass is 32.2. The van der Waals surface area contributed by atoms with Crippen LogP contribution in [0.15, 0.2) is 48.0 Å². The number of rotatable bonds is 6. The molecule has 1 aliphatic rings. The summed E-state index contributed by atoms with van der Waals surface area (Å²) in [6, 6.07) is 7.99. The van der Waals surface area contributed by atoms with Gasteiger partial charge in [0.05, 0.1) is 38.4 Å². The highest BCUT2D eigenvalue weighted by Gasteiger charge is 2.23. The largest absolute Gasteiger partial charge is 0.464 e. The standard InChI is InChI=1S/C24H25N7O3S/c1-30-14-26-19-17(12-25-13-18(19)30)20-23(35-3)29-22(21(28-20)24(32)33-2)27-15-4-6-16(7-5-15)31-8-10-34-11-9-31/h4-7,12-14H,8-11H2,1-3H3,(H,27,29). The first kappa shape index (κ1) is 23.1. The number of aryl methyl sites for hydroxylation is 1. The third kappa shape index (κ3) is 4.52. The normalized spacial score (nSPS) is 13.7. The summed E-state index contributed by atoms with van der Waals surface area (Å²) in [4.78, 5) is 33.3. The lowest BCUT2D eigenvalue weighted by Crippen LogP contribution is -2.36. The maximum Gasteiger partial charge on any atom is 0.360 e. The first-order valence-electron chi connectivity index (χ1n) is 11.1. The third-order valence-corrected chi connectivity index (χ3v) is 6.51. The Labute approximate surface area is 206 Å². The smallest absolute Gasteiger partial charge is 0.360 e. The van der Waals surface area contributed by atoms with Gasteiger partial charge in [0, 0.05) is 43.3 Å². The Morgan fingerprint density at radius 3 is 2.63 bits per heavy atom. The van der Waals surface area contributed by atoms with E-state index in [1.165, 1.54) is 18.9 Å². The summed E-state index contributed by atoms with van der Waals surface area (Å²) in [7, 11) is 3.23. The van der Waals surface area contributed by atoms with Crippen LogP contribution in [0.2, 0.25) is 0 Å². The van der Waals surface area contributed by atoms with Crippen LogP contribution in [-0.2, 0) is 16.5 Å². The van der Waals surface area contributed by atoms with Gasteiger partial charge in [-0.2, -0.15) is 0 Å². The second-order valence-electron chi connectivity index (χ2n) is 7.95. The zero-order chi connectivity index (χ0) is 24.4. The van der Waals surface area contributed by atoms with Crippen LogP contribution in [0, 0.1) is 0 Å². The number of carbonyl (C=O) groups excluding carboxylic acids is 1. The first-order chi connectivity index (χ1) is 17.1. The number of hydrogen-bond donors (Lipinski definition) is 1. The Kier molecular flexibility index (Phi) is 6.51. The molecule has 1 fully saturated rings. The van der Waals surface area contributed by atoms with Gasteiger partial charge in [-0.25, -0.2) is 19.7 Å². The zero-order valence-electron chi connectivity index (χ0n) is 19.7. The fourth-order valence-electron chi connectivity index (χ4n) is 3.99. The van der Waals surface area contributed by atoms with Crippen molar-refractivity contribution in [1.82, 2.24) is 24.5 Å². The molecule has 1 aromatic carbocycles. The van der Waals surface area contributed by atoms with Crippen molar-refractivity contribution in [3.8, 4) is 11.3 Å². The minimum absolute atomic E-state index is 0.0884. The summed E-state index contributed by atoms with van der Waals surface area (Å²) < 4.78 is 12.3. The molecule has 4 heterocycles. The minimum Gasteiger partial charge on any atom is -0.464 e. The van der Waals surface area contributed by atoms with Gasteiger partial charge in [0.1, 0.15) is 16.2 Å². The molecule has 1 N–H and O–H groups in total. The number of hydrogen-bond acceptors (Lipinski definition) is 10. The predicted octanol–water partition coefficient (Wildman–Crippen LogP) is 3.51. The van der Waals surface area contributed by atoms with Crippen molar-refractivity contribution in [3.05, 3.63) is 48.7 Å². The van der Waals surface area contributed by atoms with E-state index in [1.807, 2.05) is 42.1 Å². The van der Waals surface area contributed by atoms with Gasteiger partial charge in [0.15, 0.2) is 11.5 Å². The van der Waals surface area contributed by atoms with Gasteiger partial charge in [-0.05, 0) is 30.5 Å². The van der Waals surface area contributed by atoms with Gasteiger partial charge < -0.3 is 24.3 Å². The number of anilines is 3. The highest BCUT2D eigenvalue weighted by Crippen LogP contribution is 2.34. The van der Waals surface area contributed by atoms with Crippen LogP contribution >= 0.6 is 11.8 Å². The number of ether oxygens (including phenoxy) is 2. The van der Waals surface area contributed by atoms with Crippen LogP contribution in [0.25, 0.3) is 22.3 Å². The molecule has 3 aromatic heterocycles. The molecule has 0 saturated carbocycles. The summed E-state index contributed by atoms with van der Waals surface area (Å²) in [5.74, 6) is -0.259. The lowest BCUT2D eigenvalue weighted by Gasteiger charge is -2.29. The van der Waals surface area contributed by atoms with E-state index in [9.17, 15) is 4.79 Å². The molecule has 11 heteroatoms. The number of aromatic nitrogens is 5. The number of thioether (sulfide) groups is 1. The second-order valence-corrected chi connectivity index (χ2v) is 8.75. The van der Waals surface area contributed by atoms with E-state index < -0.39 is 5.97 Å². The molecular weight excluding hydrogens is 466 g/mol. The van der Waals surface area contributed by atoms with E-state index in [0.717, 1.165) is 48.7 Å². The molecule has 180 valence electrons. The van der Waals surface area contributed by atoms with Crippen LogP contribution in [0.4, 0.5) is 17.2 Å². The van der Waals surface area contributed by atoms with Crippen molar-refractivity contribution < 1.29 is 14.3 Å².